The second-order valence-electron chi connectivity index (χ2n) is 7.74. The van der Waals surface area contributed by atoms with Crippen LogP contribution < -0.4 is 5.73 Å². The van der Waals surface area contributed by atoms with Crippen molar-refractivity contribution >= 4 is 43.8 Å². The Bertz CT molecular complexity index is 1420. The SMILES string of the molecule is C[C@H](c1ccc(S(F)(F)(F)(F)F)cc1)N(C)C(=O)c1cc2c(cn1)nc(N)c1c2cnn1C. The molecule has 0 saturated carbocycles. The van der Waals surface area contributed by atoms with Crippen molar-refractivity contribution in [2.75, 3.05) is 12.8 Å². The number of amides is 1. The molecule has 1 atom stereocenters. The van der Waals surface area contributed by atoms with Gasteiger partial charge in [-0.1, -0.05) is 31.6 Å². The van der Waals surface area contributed by atoms with Gasteiger partial charge in [0.25, 0.3) is 5.91 Å². The summed E-state index contributed by atoms with van der Waals surface area (Å²) in [6.45, 7) is 1.56. The number of hydrogen-bond donors (Lipinski definition) is 1. The van der Waals surface area contributed by atoms with E-state index in [2.05, 4.69) is 15.1 Å². The van der Waals surface area contributed by atoms with Gasteiger partial charge < -0.3 is 10.6 Å². The number of fused-ring (bicyclic) bond motifs is 3. The average molecular weight is 486 g/mol. The highest BCUT2D eigenvalue weighted by Crippen LogP contribution is 3.02. The topological polar surface area (TPSA) is 89.9 Å². The minimum Gasteiger partial charge on any atom is -0.382 e. The Morgan fingerprint density at radius 2 is 1.73 bits per heavy atom. The number of rotatable bonds is 4. The van der Waals surface area contributed by atoms with Gasteiger partial charge in [-0.2, -0.15) is 5.10 Å². The summed E-state index contributed by atoms with van der Waals surface area (Å²) in [7, 11) is -6.62. The smallest absolute Gasteiger partial charge is 0.310 e. The monoisotopic (exact) mass is 486 g/mol. The van der Waals surface area contributed by atoms with Crippen LogP contribution >= 0.6 is 10.2 Å². The van der Waals surface area contributed by atoms with E-state index in [4.69, 9.17) is 5.73 Å². The van der Waals surface area contributed by atoms with Crippen LogP contribution in [0.2, 0.25) is 0 Å². The lowest BCUT2D eigenvalue weighted by molar-refractivity contribution is 0.0736. The van der Waals surface area contributed by atoms with Crippen LogP contribution in [0.5, 0.6) is 0 Å². The Kier molecular flexibility index (Phi) is 4.49. The zero-order valence-corrected chi connectivity index (χ0v) is 18.5. The highest BCUT2D eigenvalue weighted by molar-refractivity contribution is 8.45. The number of nitrogens with zero attached hydrogens (tertiary/aromatic N) is 5. The summed E-state index contributed by atoms with van der Waals surface area (Å²) in [5.74, 6) is -0.255. The van der Waals surface area contributed by atoms with Crippen molar-refractivity contribution in [2.45, 2.75) is 17.9 Å². The number of nitrogen functional groups attached to an aromatic ring is 1. The fourth-order valence-electron chi connectivity index (χ4n) is 3.57. The predicted octanol–water partition coefficient (Wildman–Crippen LogP) is 5.59. The highest BCUT2D eigenvalue weighted by Gasteiger charge is 2.65. The van der Waals surface area contributed by atoms with Gasteiger partial charge in [-0.15, -0.1) is 0 Å². The predicted molar refractivity (Wildman–Crippen MR) is 117 cm³/mol. The Balaban J connectivity index is 1.66. The lowest BCUT2D eigenvalue weighted by Crippen LogP contribution is -2.30. The Labute approximate surface area is 184 Å². The molecule has 3 heterocycles. The molecule has 4 aromatic rings. The van der Waals surface area contributed by atoms with Crippen LogP contribution in [-0.2, 0) is 7.05 Å². The van der Waals surface area contributed by atoms with Gasteiger partial charge in [0.05, 0.1) is 24.0 Å². The first kappa shape index (κ1) is 22.7. The molecule has 3 aromatic heterocycles. The maximum atomic E-state index is 13.0. The molecule has 13 heteroatoms. The van der Waals surface area contributed by atoms with E-state index in [9.17, 15) is 24.2 Å². The van der Waals surface area contributed by atoms with Gasteiger partial charge in [0.1, 0.15) is 21.9 Å². The third kappa shape index (κ3) is 4.03. The van der Waals surface area contributed by atoms with Gasteiger partial charge >= 0.3 is 10.2 Å². The van der Waals surface area contributed by atoms with Crippen LogP contribution in [-0.4, -0.2) is 37.6 Å². The van der Waals surface area contributed by atoms with E-state index in [-0.39, 0.29) is 17.1 Å². The number of halogens is 5. The number of hydrogen-bond acceptors (Lipinski definition) is 5. The zero-order chi connectivity index (χ0) is 24.4. The summed E-state index contributed by atoms with van der Waals surface area (Å²) >= 11 is 0. The number of aromatic nitrogens is 4. The Morgan fingerprint density at radius 3 is 2.33 bits per heavy atom. The molecule has 2 N–H and O–H groups in total. The van der Waals surface area contributed by atoms with Crippen LogP contribution in [0.15, 0.2) is 47.6 Å². The van der Waals surface area contributed by atoms with Crippen molar-refractivity contribution in [1.82, 2.24) is 24.6 Å². The van der Waals surface area contributed by atoms with Gasteiger partial charge in [-0.05, 0) is 30.7 Å². The molecule has 0 saturated heterocycles. The summed E-state index contributed by atoms with van der Waals surface area (Å²) in [5, 5.41) is 5.45. The second kappa shape index (κ2) is 6.53. The number of nitrogens with two attached hydrogens (primary N) is 1. The molecule has 1 amide bonds. The Morgan fingerprint density at radius 1 is 1.09 bits per heavy atom. The first-order chi connectivity index (χ1) is 15.1. The van der Waals surface area contributed by atoms with Crippen LogP contribution in [0.1, 0.15) is 29.0 Å². The summed E-state index contributed by atoms with van der Waals surface area (Å²) < 4.78 is 66.4. The molecule has 0 aliphatic rings. The standard InChI is InChI=1S/C20H19F5N6OS/c1-11(12-4-6-13(7-5-12)33(21,22,23,24)25)30(2)20(32)16-8-14-15-9-28-31(3)18(15)19(26)29-17(14)10-27-16/h4-11H,1-3H3,(H2,26,29)/t11-/m1/s1. The first-order valence-electron chi connectivity index (χ1n) is 9.55. The van der Waals surface area contributed by atoms with E-state index in [1.807, 2.05) is 0 Å². The van der Waals surface area contributed by atoms with E-state index in [0.717, 1.165) is 12.1 Å². The molecular weight excluding hydrogens is 467 g/mol. The van der Waals surface area contributed by atoms with Gasteiger partial charge in [0, 0.05) is 24.9 Å². The molecule has 1 aromatic carbocycles. The van der Waals surface area contributed by atoms with Gasteiger partial charge in [0.2, 0.25) is 0 Å². The lowest BCUT2D eigenvalue weighted by Gasteiger charge is -2.40. The summed E-state index contributed by atoms with van der Waals surface area (Å²) in [6.07, 6.45) is 2.99. The minimum atomic E-state index is -9.77. The number of anilines is 1. The van der Waals surface area contributed by atoms with Crippen LogP contribution in [0.4, 0.5) is 25.2 Å². The van der Waals surface area contributed by atoms with Crippen molar-refractivity contribution in [2.24, 2.45) is 7.05 Å². The van der Waals surface area contributed by atoms with Crippen molar-refractivity contribution in [3.63, 3.8) is 0 Å². The molecule has 0 spiro atoms. The second-order valence-corrected chi connectivity index (χ2v) is 10.2. The van der Waals surface area contributed by atoms with Crippen molar-refractivity contribution < 1.29 is 24.2 Å². The third-order valence-corrected chi connectivity index (χ3v) is 6.69. The van der Waals surface area contributed by atoms with E-state index in [1.165, 1.54) is 24.2 Å². The normalized spacial score (nSPS) is 15.3. The van der Waals surface area contributed by atoms with Crippen molar-refractivity contribution in [3.05, 3.63) is 54.0 Å². The largest absolute Gasteiger partial charge is 0.382 e. The number of benzene rings is 1. The van der Waals surface area contributed by atoms with Crippen molar-refractivity contribution in [3.8, 4) is 0 Å². The molecule has 0 aliphatic heterocycles. The molecule has 33 heavy (non-hydrogen) atoms. The molecule has 7 nitrogen and oxygen atoms in total. The fraction of sp³-hybridized carbons (Fsp3) is 0.200. The minimum absolute atomic E-state index is 0.0669. The molecule has 0 fully saturated rings. The van der Waals surface area contributed by atoms with Gasteiger partial charge in [0.15, 0.2) is 0 Å². The third-order valence-electron chi connectivity index (χ3n) is 5.52. The number of carbonyl (C=O) groups excluding carboxylic acids is 1. The van der Waals surface area contributed by atoms with E-state index < -0.39 is 27.1 Å². The maximum Gasteiger partial charge on any atom is 0.310 e. The maximum absolute atomic E-state index is 13.0. The molecular formula is C20H19F5N6OS. The van der Waals surface area contributed by atoms with Crippen LogP contribution in [0, 0.1) is 0 Å². The zero-order valence-electron chi connectivity index (χ0n) is 17.6. The molecule has 0 aliphatic carbocycles. The molecule has 0 radical (unpaired) electrons. The molecule has 4 rings (SSSR count). The first-order valence-corrected chi connectivity index (χ1v) is 11.5. The lowest BCUT2D eigenvalue weighted by atomic mass is 10.1. The summed E-state index contributed by atoms with van der Waals surface area (Å²) in [5.41, 5.74) is 7.36. The number of pyridine rings is 2. The Hall–Kier alpha value is -3.48. The molecule has 176 valence electrons. The molecule has 0 unspecified atom stereocenters. The van der Waals surface area contributed by atoms with E-state index >= 15 is 0 Å². The van der Waals surface area contributed by atoms with Crippen molar-refractivity contribution in [1.29, 1.82) is 0 Å². The van der Waals surface area contributed by atoms with E-state index in [0.29, 0.717) is 33.9 Å². The van der Waals surface area contributed by atoms with Crippen LogP contribution in [0.3, 0.4) is 0 Å². The molecule has 0 bridgehead atoms. The quantitative estimate of drug-likeness (QED) is 0.380. The van der Waals surface area contributed by atoms with Gasteiger partial charge in [-0.3, -0.25) is 9.48 Å². The number of aryl methyl sites for hydroxylation is 1. The highest BCUT2D eigenvalue weighted by atomic mass is 32.5. The van der Waals surface area contributed by atoms with Gasteiger partial charge in [-0.25, -0.2) is 9.97 Å². The number of carbonyl (C=O) groups is 1. The summed E-state index contributed by atoms with van der Waals surface area (Å²) in [6, 6.07) is 3.34. The summed E-state index contributed by atoms with van der Waals surface area (Å²) in [4.78, 5) is 20.7. The van der Waals surface area contributed by atoms with E-state index in [1.54, 1.807) is 24.9 Å². The average Bonchev–Trinajstić information content (AvgIpc) is 3.13. The fourth-order valence-corrected chi connectivity index (χ4v) is 4.23. The van der Waals surface area contributed by atoms with Crippen LogP contribution in [0.25, 0.3) is 21.8 Å².